The summed E-state index contributed by atoms with van der Waals surface area (Å²) in [5.41, 5.74) is 1.71. The number of fused-ring (bicyclic) bond motifs is 10. The van der Waals surface area contributed by atoms with Crippen molar-refractivity contribution in [3.63, 3.8) is 0 Å². The standard InChI is InChI=1S/C33H55N2P2.C5H5.Fe/c1-31(2,3)26-18-25(27(19-26)33(36,28-9-7-11-34-28)29-10-8-12-35-29)20-37(32(4,5)6)30-23-14-21-13-22(16-23)17-24(30)15-21;1-2-4-5-3-1;/h18-19,21-24,28-30,34-35H,7-17,20,36H2,1-6H3;1-5H;. The molecule has 5 heteroatoms. The van der Waals surface area contributed by atoms with E-state index < -0.39 is 6.51 Å². The van der Waals surface area contributed by atoms with E-state index in [4.69, 9.17) is 0 Å². The molecule has 16 fully saturated rings. The number of hydrogen-bond donors (Lipinski definition) is 2. The summed E-state index contributed by atoms with van der Waals surface area (Å²) in [6, 6.07) is 1.56. The minimum absolute atomic E-state index is 0.0657. The van der Waals surface area contributed by atoms with E-state index in [1.54, 1.807) is 32.1 Å². The fourth-order valence-electron chi connectivity index (χ4n) is 29.5. The molecule has 0 aromatic rings. The van der Waals surface area contributed by atoms with Crippen LogP contribution in [0.5, 0.6) is 0 Å². The first-order valence-electron chi connectivity index (χ1n) is 19.4. The topological polar surface area (TPSA) is 24.1 Å². The molecule has 4 saturated carbocycles. The summed E-state index contributed by atoms with van der Waals surface area (Å²) in [5.74, 6) is 4.49. The SMILES string of the molecule is CC(C)(C)P(C[C]12[CH]3[C]4(C(C)(C)C)[CH]5[C]1(C(P)(C1CCCN1)C1CCCN1)[Fe]35241678[CH]2[CH]1[CH]6[CH]7[CH]28)C1C2CC3CC(C2)CC1C3. The molecule has 2 N–H and O–H groups in total. The first-order valence-corrected chi connectivity index (χ1v) is 27.7. The number of nitrogens with one attached hydrogen (secondary N) is 2. The zero-order chi connectivity index (χ0) is 28.9. The molecular weight excluding hydrogens is 602 g/mol. The molecule has 12 aliphatic heterocycles. The molecule has 4 aliphatic carbocycles. The third kappa shape index (κ3) is 0.685. The van der Waals surface area contributed by atoms with Gasteiger partial charge in [0.05, 0.1) is 0 Å². The van der Waals surface area contributed by atoms with Gasteiger partial charge in [-0.3, -0.25) is 0 Å². The average Bonchev–Trinajstić information content (AvgIpc) is 3.74. The zero-order valence-electron chi connectivity index (χ0n) is 27.9. The van der Waals surface area contributed by atoms with Crippen LogP contribution in [-0.4, -0.2) is 47.3 Å². The van der Waals surface area contributed by atoms with Gasteiger partial charge in [0.15, 0.2) is 0 Å². The van der Waals surface area contributed by atoms with Crippen molar-refractivity contribution in [3.8, 4) is 0 Å². The van der Waals surface area contributed by atoms with Gasteiger partial charge in [-0.1, -0.05) is 0 Å². The van der Waals surface area contributed by atoms with Crippen molar-refractivity contribution in [1.29, 1.82) is 0 Å². The summed E-state index contributed by atoms with van der Waals surface area (Å²) in [6.45, 7) is 15.4. The minimum atomic E-state index is -4.02. The first-order chi connectivity index (χ1) is 20.2. The number of hydrogen-bond acceptors (Lipinski definition) is 2. The van der Waals surface area contributed by atoms with E-state index in [0.29, 0.717) is 15.7 Å². The Morgan fingerprint density at radius 1 is 0.744 bits per heavy atom. The van der Waals surface area contributed by atoms with Crippen molar-refractivity contribution < 1.29 is 6.51 Å². The van der Waals surface area contributed by atoms with Crippen molar-refractivity contribution >= 4 is 17.2 Å². The Morgan fingerprint density at radius 2 is 1.26 bits per heavy atom. The molecule has 240 valence electrons. The van der Waals surface area contributed by atoms with Crippen LogP contribution in [-0.2, 0) is 6.51 Å². The Balaban J connectivity index is 1.00. The van der Waals surface area contributed by atoms with Gasteiger partial charge in [0.25, 0.3) is 0 Å². The van der Waals surface area contributed by atoms with Gasteiger partial charge in [-0.2, -0.15) is 0 Å². The Morgan fingerprint density at radius 3 is 1.65 bits per heavy atom. The van der Waals surface area contributed by atoms with Gasteiger partial charge in [0, 0.05) is 0 Å². The van der Waals surface area contributed by atoms with Gasteiger partial charge >= 0.3 is 257 Å². The van der Waals surface area contributed by atoms with E-state index >= 15 is 0 Å². The number of rotatable bonds is 6. The predicted octanol–water partition coefficient (Wildman–Crippen LogP) is 9.76. The zero-order valence-corrected chi connectivity index (χ0v) is 31.1. The van der Waals surface area contributed by atoms with Crippen LogP contribution in [0.4, 0.5) is 0 Å². The third-order valence-corrected chi connectivity index (χ3v) is 76.5. The maximum absolute atomic E-state index is 4.33. The average molecular weight is 663 g/mol. The molecule has 4 bridgehead atoms. The molecule has 16 rings (SSSR count). The fraction of sp³-hybridized carbons (Fsp3) is 1.00. The van der Waals surface area contributed by atoms with Crippen molar-refractivity contribution in [3.05, 3.63) is 0 Å². The molecule has 0 aromatic heterocycles. The van der Waals surface area contributed by atoms with Crippen LogP contribution in [0.25, 0.3) is 0 Å². The van der Waals surface area contributed by atoms with Crippen molar-refractivity contribution in [2.75, 3.05) is 19.3 Å². The van der Waals surface area contributed by atoms with Gasteiger partial charge in [-0.05, 0) is 0 Å². The van der Waals surface area contributed by atoms with Gasteiger partial charge in [-0.15, -0.1) is 0 Å². The molecule has 2 nitrogen and oxygen atoms in total. The van der Waals surface area contributed by atoms with E-state index in [2.05, 4.69) is 61.4 Å². The Bertz CT molecular complexity index is 1810. The summed E-state index contributed by atoms with van der Waals surface area (Å²) in [5, 5.41) is 9.66. The van der Waals surface area contributed by atoms with Crippen molar-refractivity contribution in [2.24, 2.45) is 29.1 Å². The van der Waals surface area contributed by atoms with E-state index in [-0.39, 0.29) is 7.92 Å². The molecule has 1 spiro atoms. The predicted molar refractivity (Wildman–Crippen MR) is 181 cm³/mol. The Kier molecular flexibility index (Phi) is 2.21. The molecule has 9 atom stereocenters. The third-order valence-electron chi connectivity index (χ3n) is 26.1. The Hall–Kier alpha value is 1.30. The normalized spacial score (nSPS) is 80.9. The summed E-state index contributed by atoms with van der Waals surface area (Å²) < 4.78 is 2.67. The van der Waals surface area contributed by atoms with Gasteiger partial charge in [0.2, 0.25) is 0 Å². The van der Waals surface area contributed by atoms with E-state index in [1.807, 2.05) is 6.16 Å². The molecular formula is C38H60FeN2P2. The Labute approximate surface area is 255 Å². The van der Waals surface area contributed by atoms with Gasteiger partial charge in [-0.25, -0.2) is 0 Å². The second-order valence-electron chi connectivity index (χ2n) is 24.2. The second-order valence-corrected chi connectivity index (χ2v) is 51.3. The van der Waals surface area contributed by atoms with Crippen molar-refractivity contribution in [2.45, 2.75) is 174 Å². The summed E-state index contributed by atoms with van der Waals surface area (Å²) in [7, 11) is 4.05. The molecule has 9 unspecified atom stereocenters. The quantitative estimate of drug-likeness (QED) is 0.219. The molecule has 0 radical (unpaired) electrons. The van der Waals surface area contributed by atoms with Crippen LogP contribution in [0.2, 0.25) is 46.7 Å². The molecule has 0 aromatic carbocycles. The van der Waals surface area contributed by atoms with E-state index in [0.717, 1.165) is 54.4 Å². The van der Waals surface area contributed by atoms with E-state index in [9.17, 15) is 0 Å². The fourth-order valence-corrected chi connectivity index (χ4v) is 123. The van der Waals surface area contributed by atoms with Crippen LogP contribution < -0.4 is 10.6 Å². The van der Waals surface area contributed by atoms with Crippen molar-refractivity contribution in [1.82, 2.24) is 10.6 Å². The van der Waals surface area contributed by atoms with Crippen LogP contribution in [0.1, 0.15) is 99.3 Å². The summed E-state index contributed by atoms with van der Waals surface area (Å²) in [6.07, 6.45) is 15.8. The molecule has 16 aliphatic rings. The van der Waals surface area contributed by atoms with Crippen LogP contribution >= 0.6 is 17.2 Å². The molecule has 12 heterocycles. The maximum atomic E-state index is 4.33. The second kappa shape index (κ2) is 3.88. The molecule has 43 heavy (non-hydrogen) atoms. The van der Waals surface area contributed by atoms with Crippen LogP contribution in [0.3, 0.4) is 0 Å². The van der Waals surface area contributed by atoms with Gasteiger partial charge in [0.1, 0.15) is 0 Å². The molecule has 0 amide bonds. The summed E-state index contributed by atoms with van der Waals surface area (Å²) in [4.78, 5) is 9.49. The molecule has 12 saturated heterocycles. The van der Waals surface area contributed by atoms with Crippen LogP contribution in [0, 0.1) is 29.1 Å². The van der Waals surface area contributed by atoms with Gasteiger partial charge < -0.3 is 0 Å². The monoisotopic (exact) mass is 662 g/mol. The first kappa shape index (κ1) is 24.4. The summed E-state index contributed by atoms with van der Waals surface area (Å²) >= 11 is 0. The van der Waals surface area contributed by atoms with Crippen LogP contribution in [0.15, 0.2) is 0 Å². The van der Waals surface area contributed by atoms with E-state index in [1.165, 1.54) is 72.5 Å².